The third-order valence-corrected chi connectivity index (χ3v) is 8.32. The van der Waals surface area contributed by atoms with E-state index in [-0.39, 0.29) is 41.9 Å². The van der Waals surface area contributed by atoms with Crippen molar-refractivity contribution in [3.8, 4) is 11.4 Å². The standard InChI is InChI=1S/C28H29N5O4S/c1-3-33(4-2)27-7-5-6-23(32-27)24-11-10-20-16-29-22(15-25(20)31-24)17-30-28(34)19-8-9-21-18-37-12-13-38(35,36)26(21)14-19/h5-11,14-16H,3-4,12-13,17-18H2,1-2H3,(H,30,34). The Morgan fingerprint density at radius 3 is 2.66 bits per heavy atom. The van der Waals surface area contributed by atoms with Crippen LogP contribution in [-0.2, 0) is 27.7 Å². The molecule has 4 aromatic rings. The van der Waals surface area contributed by atoms with E-state index in [4.69, 9.17) is 14.7 Å². The molecule has 0 saturated carbocycles. The zero-order valence-corrected chi connectivity index (χ0v) is 22.2. The van der Waals surface area contributed by atoms with Crippen LogP contribution in [-0.4, -0.2) is 54.7 Å². The summed E-state index contributed by atoms with van der Waals surface area (Å²) in [5, 5.41) is 3.71. The number of ether oxygens (including phenoxy) is 1. The van der Waals surface area contributed by atoms with Crippen LogP contribution in [0.4, 0.5) is 5.82 Å². The molecule has 0 saturated heterocycles. The zero-order chi connectivity index (χ0) is 26.7. The third-order valence-electron chi connectivity index (χ3n) is 6.56. The van der Waals surface area contributed by atoms with Crippen LogP contribution in [0.2, 0.25) is 0 Å². The van der Waals surface area contributed by atoms with Crippen molar-refractivity contribution < 1.29 is 17.9 Å². The maximum absolute atomic E-state index is 12.8. The van der Waals surface area contributed by atoms with Crippen molar-refractivity contribution in [2.75, 3.05) is 30.3 Å². The fourth-order valence-electron chi connectivity index (χ4n) is 4.43. The number of benzene rings is 1. The van der Waals surface area contributed by atoms with Crippen molar-refractivity contribution in [1.82, 2.24) is 20.3 Å². The molecule has 1 amide bonds. The predicted octanol–water partition coefficient (Wildman–Crippen LogP) is 3.77. The van der Waals surface area contributed by atoms with Crippen LogP contribution in [0.5, 0.6) is 0 Å². The molecule has 1 aliphatic rings. The van der Waals surface area contributed by atoms with Crippen LogP contribution in [0.25, 0.3) is 22.3 Å². The Morgan fingerprint density at radius 2 is 1.84 bits per heavy atom. The molecule has 0 radical (unpaired) electrons. The Hall–Kier alpha value is -3.89. The molecule has 0 unspecified atom stereocenters. The number of hydrogen-bond acceptors (Lipinski definition) is 8. The number of nitrogens with one attached hydrogen (secondary N) is 1. The molecular weight excluding hydrogens is 502 g/mol. The van der Waals surface area contributed by atoms with Crippen molar-refractivity contribution in [2.24, 2.45) is 0 Å². The average Bonchev–Trinajstić information content (AvgIpc) is 3.09. The van der Waals surface area contributed by atoms with Crippen LogP contribution < -0.4 is 10.2 Å². The number of pyridine rings is 3. The SMILES string of the molecule is CCN(CC)c1cccc(-c2ccc3cnc(CNC(=O)c4ccc5c(c4)S(=O)(=O)CCOC5)cc3n2)n1. The Labute approximate surface area is 221 Å². The largest absolute Gasteiger partial charge is 0.376 e. The summed E-state index contributed by atoms with van der Waals surface area (Å²) in [6.07, 6.45) is 1.72. The van der Waals surface area contributed by atoms with Gasteiger partial charge >= 0.3 is 0 Å². The fourth-order valence-corrected chi connectivity index (χ4v) is 5.82. The Morgan fingerprint density at radius 1 is 1.03 bits per heavy atom. The van der Waals surface area contributed by atoms with E-state index in [1.807, 2.05) is 36.4 Å². The van der Waals surface area contributed by atoms with Crippen molar-refractivity contribution >= 4 is 32.5 Å². The molecule has 0 aliphatic carbocycles. The summed E-state index contributed by atoms with van der Waals surface area (Å²) >= 11 is 0. The molecule has 4 heterocycles. The number of anilines is 1. The van der Waals surface area contributed by atoms with Crippen molar-refractivity contribution in [1.29, 1.82) is 0 Å². The van der Waals surface area contributed by atoms with E-state index >= 15 is 0 Å². The summed E-state index contributed by atoms with van der Waals surface area (Å²) in [5.74, 6) is 0.427. The molecule has 9 nitrogen and oxygen atoms in total. The second-order valence-corrected chi connectivity index (χ2v) is 11.1. The second-order valence-electron chi connectivity index (χ2n) is 8.99. The quantitative estimate of drug-likeness (QED) is 0.383. The smallest absolute Gasteiger partial charge is 0.251 e. The van der Waals surface area contributed by atoms with E-state index in [2.05, 4.69) is 29.0 Å². The van der Waals surface area contributed by atoms with E-state index in [0.29, 0.717) is 11.3 Å². The summed E-state index contributed by atoms with van der Waals surface area (Å²) in [4.78, 5) is 29.2. The van der Waals surface area contributed by atoms with Crippen molar-refractivity contribution in [3.63, 3.8) is 0 Å². The van der Waals surface area contributed by atoms with E-state index in [1.165, 1.54) is 6.07 Å². The van der Waals surface area contributed by atoms with Gasteiger partial charge < -0.3 is 15.0 Å². The van der Waals surface area contributed by atoms with Gasteiger partial charge in [-0.3, -0.25) is 9.78 Å². The highest BCUT2D eigenvalue weighted by Crippen LogP contribution is 2.24. The number of hydrogen-bond donors (Lipinski definition) is 1. The summed E-state index contributed by atoms with van der Waals surface area (Å²) in [6, 6.07) is 16.3. The number of nitrogens with zero attached hydrogens (tertiary/aromatic N) is 4. The highest BCUT2D eigenvalue weighted by molar-refractivity contribution is 7.91. The van der Waals surface area contributed by atoms with Gasteiger partial charge in [0.05, 0.1) is 53.0 Å². The lowest BCUT2D eigenvalue weighted by Crippen LogP contribution is -2.24. The van der Waals surface area contributed by atoms with Gasteiger partial charge in [0.2, 0.25) is 0 Å². The number of amides is 1. The molecule has 38 heavy (non-hydrogen) atoms. The van der Waals surface area contributed by atoms with Gasteiger partial charge in [-0.2, -0.15) is 0 Å². The first-order chi connectivity index (χ1) is 18.4. The average molecular weight is 532 g/mol. The fraction of sp³-hybridized carbons (Fsp3) is 0.286. The minimum absolute atomic E-state index is 0.101. The van der Waals surface area contributed by atoms with Crippen LogP contribution in [0, 0.1) is 0 Å². The lowest BCUT2D eigenvalue weighted by molar-refractivity contribution is 0.0950. The van der Waals surface area contributed by atoms with E-state index in [0.717, 1.165) is 41.2 Å². The van der Waals surface area contributed by atoms with E-state index in [1.54, 1.807) is 18.3 Å². The molecule has 10 heteroatoms. The van der Waals surface area contributed by atoms with Crippen LogP contribution in [0.15, 0.2) is 65.7 Å². The highest BCUT2D eigenvalue weighted by atomic mass is 32.2. The lowest BCUT2D eigenvalue weighted by Gasteiger charge is -2.20. The monoisotopic (exact) mass is 531 g/mol. The highest BCUT2D eigenvalue weighted by Gasteiger charge is 2.23. The summed E-state index contributed by atoms with van der Waals surface area (Å²) in [7, 11) is -3.50. The molecule has 1 aromatic carbocycles. The van der Waals surface area contributed by atoms with Crippen LogP contribution in [0.1, 0.15) is 35.5 Å². The number of rotatable bonds is 7. The van der Waals surface area contributed by atoms with Gasteiger partial charge in [0.25, 0.3) is 5.91 Å². The Balaban J connectivity index is 1.35. The third kappa shape index (κ3) is 5.36. The molecule has 1 aliphatic heterocycles. The molecule has 196 valence electrons. The molecule has 5 rings (SSSR count). The first-order valence-electron chi connectivity index (χ1n) is 12.6. The van der Waals surface area contributed by atoms with Gasteiger partial charge in [0, 0.05) is 30.2 Å². The molecule has 0 fully saturated rings. The summed E-state index contributed by atoms with van der Waals surface area (Å²) < 4.78 is 30.5. The minimum Gasteiger partial charge on any atom is -0.376 e. The van der Waals surface area contributed by atoms with Gasteiger partial charge in [-0.05, 0) is 61.9 Å². The molecule has 1 N–H and O–H groups in total. The van der Waals surface area contributed by atoms with E-state index in [9.17, 15) is 13.2 Å². The number of fused-ring (bicyclic) bond motifs is 2. The Bertz CT molecular complexity index is 1600. The number of aromatic nitrogens is 3. The van der Waals surface area contributed by atoms with Crippen molar-refractivity contribution in [2.45, 2.75) is 31.9 Å². The number of carbonyl (C=O) groups excluding carboxylic acids is 1. The first kappa shape index (κ1) is 25.7. The molecule has 0 bridgehead atoms. The van der Waals surface area contributed by atoms with Gasteiger partial charge in [0.15, 0.2) is 9.84 Å². The molecule has 3 aromatic heterocycles. The van der Waals surface area contributed by atoms with Gasteiger partial charge in [-0.15, -0.1) is 0 Å². The molecule has 0 spiro atoms. The summed E-state index contributed by atoms with van der Waals surface area (Å²) in [5.41, 5.74) is 3.75. The van der Waals surface area contributed by atoms with Gasteiger partial charge in [-0.1, -0.05) is 12.1 Å². The maximum Gasteiger partial charge on any atom is 0.251 e. The summed E-state index contributed by atoms with van der Waals surface area (Å²) in [6.45, 7) is 6.46. The lowest BCUT2D eigenvalue weighted by atomic mass is 10.1. The van der Waals surface area contributed by atoms with Crippen LogP contribution in [0.3, 0.4) is 0 Å². The van der Waals surface area contributed by atoms with Crippen LogP contribution >= 0.6 is 0 Å². The molecule has 0 atom stereocenters. The molecular formula is C28H29N5O4S. The van der Waals surface area contributed by atoms with Crippen molar-refractivity contribution in [3.05, 3.63) is 77.6 Å². The number of sulfone groups is 1. The zero-order valence-electron chi connectivity index (χ0n) is 21.3. The normalized spacial score (nSPS) is 14.5. The minimum atomic E-state index is -3.50. The van der Waals surface area contributed by atoms with Gasteiger partial charge in [0.1, 0.15) is 5.82 Å². The maximum atomic E-state index is 12.8. The Kier molecular flexibility index (Phi) is 7.35. The van der Waals surface area contributed by atoms with Gasteiger partial charge in [-0.25, -0.2) is 18.4 Å². The van der Waals surface area contributed by atoms with E-state index < -0.39 is 9.84 Å². The predicted molar refractivity (Wildman–Crippen MR) is 146 cm³/mol. The first-order valence-corrected chi connectivity index (χ1v) is 14.2. The number of carbonyl (C=O) groups is 1. The topological polar surface area (TPSA) is 114 Å². The second kappa shape index (κ2) is 10.8.